The van der Waals surface area contributed by atoms with E-state index in [1.807, 2.05) is 66.1 Å². The standard InChI is InChI=1S/C28H32N2O3/c1-4-26(22-10-6-5-7-11-22)32-18-23(31)17-30-25-13-9-8-12-24(25)29-28(30)19-33-27-15-14-20(2)16-21(27)3/h5-16,23,26,31H,4,17-19H2,1-3H3. The van der Waals surface area contributed by atoms with Crippen LogP contribution >= 0.6 is 0 Å². The average molecular weight is 445 g/mol. The summed E-state index contributed by atoms with van der Waals surface area (Å²) in [6.45, 7) is 7.17. The number of nitrogens with zero attached hydrogens (tertiary/aromatic N) is 2. The summed E-state index contributed by atoms with van der Waals surface area (Å²) in [5, 5.41) is 10.8. The monoisotopic (exact) mass is 444 g/mol. The van der Waals surface area contributed by atoms with Gasteiger partial charge >= 0.3 is 0 Å². The Kier molecular flexibility index (Phi) is 7.43. The van der Waals surface area contributed by atoms with Gasteiger partial charge in [-0.3, -0.25) is 0 Å². The molecule has 172 valence electrons. The van der Waals surface area contributed by atoms with Gasteiger partial charge in [0.1, 0.15) is 18.2 Å². The van der Waals surface area contributed by atoms with Gasteiger partial charge in [-0.2, -0.15) is 0 Å². The van der Waals surface area contributed by atoms with Crippen molar-refractivity contribution in [3.8, 4) is 5.75 Å². The first-order valence-corrected chi connectivity index (χ1v) is 11.5. The first kappa shape index (κ1) is 23.0. The number of hydrogen-bond acceptors (Lipinski definition) is 4. The average Bonchev–Trinajstić information content (AvgIpc) is 3.17. The largest absolute Gasteiger partial charge is 0.485 e. The van der Waals surface area contributed by atoms with Gasteiger partial charge < -0.3 is 19.1 Å². The van der Waals surface area contributed by atoms with E-state index in [4.69, 9.17) is 14.5 Å². The molecule has 0 fully saturated rings. The number of benzene rings is 3. The molecule has 1 heterocycles. The predicted octanol–water partition coefficient (Wildman–Crippen LogP) is 5.76. The van der Waals surface area contributed by atoms with Gasteiger partial charge in [-0.1, -0.05) is 67.1 Å². The van der Waals surface area contributed by atoms with E-state index < -0.39 is 6.10 Å². The molecule has 3 aromatic carbocycles. The number of aliphatic hydroxyl groups excluding tert-OH is 1. The van der Waals surface area contributed by atoms with E-state index in [1.54, 1.807) is 0 Å². The van der Waals surface area contributed by atoms with Crippen LogP contribution in [0.4, 0.5) is 0 Å². The molecule has 1 N–H and O–H groups in total. The van der Waals surface area contributed by atoms with Crippen LogP contribution in [0.3, 0.4) is 0 Å². The molecule has 0 amide bonds. The van der Waals surface area contributed by atoms with Crippen LogP contribution in [0.5, 0.6) is 5.75 Å². The Morgan fingerprint density at radius 2 is 1.73 bits per heavy atom. The number of aryl methyl sites for hydroxylation is 2. The summed E-state index contributed by atoms with van der Waals surface area (Å²) in [7, 11) is 0. The normalized spacial score (nSPS) is 13.2. The van der Waals surface area contributed by atoms with Crippen molar-refractivity contribution >= 4 is 11.0 Å². The molecule has 1 aromatic heterocycles. The Balaban J connectivity index is 1.48. The molecule has 5 heteroatoms. The van der Waals surface area contributed by atoms with Crippen molar-refractivity contribution in [2.45, 2.75) is 52.6 Å². The lowest BCUT2D eigenvalue weighted by molar-refractivity contribution is -0.0176. The number of aliphatic hydroxyl groups is 1. The zero-order valence-corrected chi connectivity index (χ0v) is 19.6. The molecular formula is C28H32N2O3. The highest BCUT2D eigenvalue weighted by atomic mass is 16.5. The molecule has 33 heavy (non-hydrogen) atoms. The van der Waals surface area contributed by atoms with Crippen molar-refractivity contribution in [3.05, 3.63) is 95.3 Å². The van der Waals surface area contributed by atoms with Gasteiger partial charge in [0.25, 0.3) is 0 Å². The van der Waals surface area contributed by atoms with E-state index >= 15 is 0 Å². The smallest absolute Gasteiger partial charge is 0.148 e. The summed E-state index contributed by atoms with van der Waals surface area (Å²) in [6.07, 6.45) is 0.146. The maximum absolute atomic E-state index is 10.8. The van der Waals surface area contributed by atoms with Gasteiger partial charge in [-0.05, 0) is 49.6 Å². The summed E-state index contributed by atoms with van der Waals surface area (Å²) in [6, 6.07) is 24.3. The molecule has 0 saturated carbocycles. The molecule has 4 aromatic rings. The third-order valence-corrected chi connectivity index (χ3v) is 5.85. The van der Waals surface area contributed by atoms with Gasteiger partial charge in [0.2, 0.25) is 0 Å². The molecule has 2 unspecified atom stereocenters. The van der Waals surface area contributed by atoms with Gasteiger partial charge in [0.15, 0.2) is 0 Å². The van der Waals surface area contributed by atoms with Crippen LogP contribution in [0.1, 0.15) is 42.0 Å². The Bertz CT molecular complexity index is 1190. The number of fused-ring (bicyclic) bond motifs is 1. The summed E-state index contributed by atoms with van der Waals surface area (Å²) in [5.74, 6) is 1.63. The second-order valence-electron chi connectivity index (χ2n) is 8.48. The predicted molar refractivity (Wildman–Crippen MR) is 131 cm³/mol. The summed E-state index contributed by atoms with van der Waals surface area (Å²) < 4.78 is 14.2. The number of imidazole rings is 1. The minimum absolute atomic E-state index is 0.0345. The molecule has 0 aliphatic heterocycles. The second kappa shape index (κ2) is 10.6. The molecular weight excluding hydrogens is 412 g/mol. The quantitative estimate of drug-likeness (QED) is 0.338. The van der Waals surface area contributed by atoms with E-state index in [0.29, 0.717) is 13.2 Å². The van der Waals surface area contributed by atoms with E-state index in [0.717, 1.165) is 40.2 Å². The van der Waals surface area contributed by atoms with Crippen LogP contribution in [0.25, 0.3) is 11.0 Å². The summed E-state index contributed by atoms with van der Waals surface area (Å²) in [4.78, 5) is 4.77. The summed E-state index contributed by atoms with van der Waals surface area (Å²) >= 11 is 0. The molecule has 4 rings (SSSR count). The zero-order valence-electron chi connectivity index (χ0n) is 19.6. The van der Waals surface area contributed by atoms with E-state index in [1.165, 1.54) is 5.56 Å². The fraction of sp³-hybridized carbons (Fsp3) is 0.321. The third kappa shape index (κ3) is 5.62. The maximum atomic E-state index is 10.8. The highest BCUT2D eigenvalue weighted by Crippen LogP contribution is 2.23. The van der Waals surface area contributed by atoms with Crippen LogP contribution < -0.4 is 4.74 Å². The number of para-hydroxylation sites is 2. The van der Waals surface area contributed by atoms with Gasteiger partial charge in [0.05, 0.1) is 36.4 Å². The van der Waals surface area contributed by atoms with Gasteiger partial charge in [-0.15, -0.1) is 0 Å². The Morgan fingerprint density at radius 1 is 0.970 bits per heavy atom. The Morgan fingerprint density at radius 3 is 2.48 bits per heavy atom. The van der Waals surface area contributed by atoms with Crippen molar-refractivity contribution < 1.29 is 14.6 Å². The molecule has 0 aliphatic rings. The highest BCUT2D eigenvalue weighted by molar-refractivity contribution is 5.75. The summed E-state index contributed by atoms with van der Waals surface area (Å²) in [5.41, 5.74) is 5.29. The lowest BCUT2D eigenvalue weighted by Gasteiger charge is -2.20. The Hall–Kier alpha value is -3.15. The van der Waals surface area contributed by atoms with Crippen LogP contribution in [0, 0.1) is 13.8 Å². The van der Waals surface area contributed by atoms with Crippen LogP contribution in [0.2, 0.25) is 0 Å². The SMILES string of the molecule is CCC(OCC(O)Cn1c(COc2ccc(C)cc2C)nc2ccccc21)c1ccccc1. The molecule has 0 radical (unpaired) electrons. The van der Waals surface area contributed by atoms with E-state index in [2.05, 4.69) is 32.0 Å². The van der Waals surface area contributed by atoms with Crippen molar-refractivity contribution in [2.75, 3.05) is 6.61 Å². The first-order valence-electron chi connectivity index (χ1n) is 11.5. The number of ether oxygens (including phenoxy) is 2. The topological polar surface area (TPSA) is 56.5 Å². The fourth-order valence-electron chi connectivity index (χ4n) is 4.15. The van der Waals surface area contributed by atoms with Crippen molar-refractivity contribution in [2.24, 2.45) is 0 Å². The molecule has 2 atom stereocenters. The van der Waals surface area contributed by atoms with Crippen LogP contribution in [0.15, 0.2) is 72.8 Å². The minimum atomic E-state index is -0.666. The van der Waals surface area contributed by atoms with Crippen molar-refractivity contribution in [1.82, 2.24) is 9.55 Å². The first-order chi connectivity index (χ1) is 16.0. The zero-order chi connectivity index (χ0) is 23.2. The maximum Gasteiger partial charge on any atom is 0.148 e. The molecule has 0 saturated heterocycles. The molecule has 0 bridgehead atoms. The number of rotatable bonds is 10. The van der Waals surface area contributed by atoms with E-state index in [-0.39, 0.29) is 12.7 Å². The third-order valence-electron chi connectivity index (χ3n) is 5.85. The number of hydrogen-bond donors (Lipinski definition) is 1. The van der Waals surface area contributed by atoms with Crippen molar-refractivity contribution in [3.63, 3.8) is 0 Å². The minimum Gasteiger partial charge on any atom is -0.485 e. The molecule has 0 spiro atoms. The van der Waals surface area contributed by atoms with E-state index in [9.17, 15) is 5.11 Å². The fourth-order valence-corrected chi connectivity index (χ4v) is 4.15. The molecule has 0 aliphatic carbocycles. The van der Waals surface area contributed by atoms with Crippen molar-refractivity contribution in [1.29, 1.82) is 0 Å². The van der Waals surface area contributed by atoms with Crippen LogP contribution in [-0.4, -0.2) is 27.4 Å². The van der Waals surface area contributed by atoms with Crippen LogP contribution in [-0.2, 0) is 17.9 Å². The lowest BCUT2D eigenvalue weighted by atomic mass is 10.1. The molecule has 5 nitrogen and oxygen atoms in total. The Labute approximate surface area is 195 Å². The van der Waals surface area contributed by atoms with Gasteiger partial charge in [-0.25, -0.2) is 4.98 Å². The second-order valence-corrected chi connectivity index (χ2v) is 8.48. The van der Waals surface area contributed by atoms with Gasteiger partial charge in [0, 0.05) is 0 Å². The highest BCUT2D eigenvalue weighted by Gasteiger charge is 2.17. The lowest BCUT2D eigenvalue weighted by Crippen LogP contribution is -2.24. The number of aromatic nitrogens is 2.